The highest BCUT2D eigenvalue weighted by atomic mass is 35.5. The highest BCUT2D eigenvalue weighted by Gasteiger charge is 2.06. The van der Waals surface area contributed by atoms with E-state index < -0.39 is 0 Å². The smallest absolute Gasteiger partial charge is 0.0677 e. The third kappa shape index (κ3) is 1.77. The van der Waals surface area contributed by atoms with Crippen LogP contribution >= 0.6 is 34.8 Å². The molecule has 0 aliphatic carbocycles. The Morgan fingerprint density at radius 2 is 1.65 bits per heavy atom. The zero-order valence-corrected chi connectivity index (χ0v) is 10.8. The normalized spacial score (nSPS) is 11.2. The molecule has 0 aliphatic rings. The van der Waals surface area contributed by atoms with E-state index >= 15 is 0 Å². The van der Waals surface area contributed by atoms with Crippen molar-refractivity contribution in [3.8, 4) is 0 Å². The summed E-state index contributed by atoms with van der Waals surface area (Å²) in [5, 5.41) is 5.44. The van der Waals surface area contributed by atoms with Gasteiger partial charge in [-0.1, -0.05) is 59.1 Å². The topological polar surface area (TPSA) is 0 Å². The van der Waals surface area contributed by atoms with Crippen molar-refractivity contribution in [2.24, 2.45) is 0 Å². The van der Waals surface area contributed by atoms with Crippen molar-refractivity contribution in [3.05, 3.63) is 57.5 Å². The lowest BCUT2D eigenvalue weighted by molar-refractivity contribution is 1.74. The van der Waals surface area contributed by atoms with Crippen LogP contribution in [-0.4, -0.2) is 0 Å². The Hall–Kier alpha value is -0.950. The average Bonchev–Trinajstić information content (AvgIpc) is 2.31. The summed E-state index contributed by atoms with van der Waals surface area (Å²) in [6.07, 6.45) is 0. The first-order valence-corrected chi connectivity index (χ1v) is 6.10. The number of benzene rings is 3. The third-order valence-corrected chi connectivity index (χ3v) is 3.71. The molecule has 0 aromatic heterocycles. The van der Waals surface area contributed by atoms with Gasteiger partial charge in [-0.25, -0.2) is 0 Å². The van der Waals surface area contributed by atoms with Gasteiger partial charge in [0, 0.05) is 17.5 Å². The van der Waals surface area contributed by atoms with Gasteiger partial charge in [0.15, 0.2) is 0 Å². The SMILES string of the molecule is Clc1[c]c2ccc3c(Cl)[c]ccc3c2cc1Cl. The van der Waals surface area contributed by atoms with E-state index in [0.29, 0.717) is 15.1 Å². The van der Waals surface area contributed by atoms with Crippen molar-refractivity contribution >= 4 is 56.3 Å². The van der Waals surface area contributed by atoms with Crippen molar-refractivity contribution in [2.75, 3.05) is 0 Å². The first kappa shape index (κ1) is 11.2. The minimum atomic E-state index is 0.437. The molecule has 3 aromatic carbocycles. The van der Waals surface area contributed by atoms with Gasteiger partial charge in [-0.3, -0.25) is 0 Å². The van der Waals surface area contributed by atoms with Crippen molar-refractivity contribution in [1.29, 1.82) is 0 Å². The molecule has 0 aliphatic heterocycles. The Balaban J connectivity index is 2.55. The van der Waals surface area contributed by atoms with Gasteiger partial charge in [-0.15, -0.1) is 0 Å². The van der Waals surface area contributed by atoms with Gasteiger partial charge in [0.25, 0.3) is 0 Å². The Morgan fingerprint density at radius 1 is 0.824 bits per heavy atom. The molecule has 0 atom stereocenters. The van der Waals surface area contributed by atoms with Crippen LogP contribution in [0.2, 0.25) is 15.1 Å². The minimum absolute atomic E-state index is 0.437. The van der Waals surface area contributed by atoms with E-state index in [1.165, 1.54) is 0 Å². The Morgan fingerprint density at radius 3 is 2.47 bits per heavy atom. The molecule has 3 heteroatoms. The largest absolute Gasteiger partial charge is 0.0830 e. The molecule has 2 radical (unpaired) electrons. The Bertz CT molecular complexity index is 732. The molecule has 0 nitrogen and oxygen atoms in total. The van der Waals surface area contributed by atoms with Crippen LogP contribution in [0, 0.1) is 12.1 Å². The second-order valence-electron chi connectivity index (χ2n) is 3.71. The predicted molar refractivity (Wildman–Crippen MR) is 74.2 cm³/mol. The van der Waals surface area contributed by atoms with E-state index in [1.807, 2.05) is 24.3 Å². The molecule has 3 aromatic rings. The maximum Gasteiger partial charge on any atom is 0.0677 e. The summed E-state index contributed by atoms with van der Waals surface area (Å²) in [5.41, 5.74) is 0. The quantitative estimate of drug-likeness (QED) is 0.473. The number of fused-ring (bicyclic) bond motifs is 3. The van der Waals surface area contributed by atoms with Crippen LogP contribution in [0.4, 0.5) is 0 Å². The van der Waals surface area contributed by atoms with Crippen LogP contribution in [0.25, 0.3) is 21.5 Å². The van der Waals surface area contributed by atoms with Gasteiger partial charge in [-0.05, 0) is 22.2 Å². The molecular weight excluding hydrogens is 275 g/mol. The number of rotatable bonds is 0. The van der Waals surface area contributed by atoms with Gasteiger partial charge in [-0.2, -0.15) is 0 Å². The van der Waals surface area contributed by atoms with Gasteiger partial charge in [0.2, 0.25) is 0 Å². The van der Waals surface area contributed by atoms with E-state index in [2.05, 4.69) is 12.1 Å². The first-order valence-electron chi connectivity index (χ1n) is 4.97. The van der Waals surface area contributed by atoms with Crippen molar-refractivity contribution in [1.82, 2.24) is 0 Å². The minimum Gasteiger partial charge on any atom is -0.0830 e. The average molecular weight is 280 g/mol. The predicted octanol–water partition coefficient (Wildman–Crippen LogP) is 5.55. The highest BCUT2D eigenvalue weighted by molar-refractivity contribution is 6.43. The lowest BCUT2D eigenvalue weighted by Crippen LogP contribution is -1.80. The van der Waals surface area contributed by atoms with E-state index in [-0.39, 0.29) is 0 Å². The molecule has 3 rings (SSSR count). The van der Waals surface area contributed by atoms with Crippen molar-refractivity contribution in [3.63, 3.8) is 0 Å². The molecule has 0 heterocycles. The Kier molecular flexibility index (Phi) is 2.67. The number of hydrogen-bond acceptors (Lipinski definition) is 0. The maximum atomic E-state index is 6.10. The molecule has 0 bridgehead atoms. The third-order valence-electron chi connectivity index (χ3n) is 2.71. The number of halogens is 3. The lowest BCUT2D eigenvalue weighted by atomic mass is 10.0. The zero-order chi connectivity index (χ0) is 12.0. The van der Waals surface area contributed by atoms with Crippen molar-refractivity contribution < 1.29 is 0 Å². The monoisotopic (exact) mass is 278 g/mol. The van der Waals surface area contributed by atoms with E-state index in [1.54, 1.807) is 6.07 Å². The van der Waals surface area contributed by atoms with Gasteiger partial charge in [0.1, 0.15) is 0 Å². The second-order valence-corrected chi connectivity index (χ2v) is 4.87. The molecule has 0 fully saturated rings. The molecule has 0 N–H and O–H groups in total. The molecule has 0 amide bonds. The fraction of sp³-hybridized carbons (Fsp3) is 0. The van der Waals surface area contributed by atoms with Gasteiger partial charge >= 0.3 is 0 Å². The van der Waals surface area contributed by atoms with E-state index in [4.69, 9.17) is 34.8 Å². The summed E-state index contributed by atoms with van der Waals surface area (Å²) in [6, 6.07) is 15.5. The molecule has 0 spiro atoms. The zero-order valence-electron chi connectivity index (χ0n) is 8.52. The summed E-state index contributed by atoms with van der Waals surface area (Å²) >= 11 is 18.1. The Labute approximate surface area is 114 Å². The highest BCUT2D eigenvalue weighted by Crippen LogP contribution is 2.34. The van der Waals surface area contributed by atoms with E-state index in [0.717, 1.165) is 21.5 Å². The summed E-state index contributed by atoms with van der Waals surface area (Å²) in [5.74, 6) is 0. The lowest BCUT2D eigenvalue weighted by Gasteiger charge is -2.06. The summed E-state index contributed by atoms with van der Waals surface area (Å²) in [4.78, 5) is 0. The van der Waals surface area contributed by atoms with Crippen LogP contribution < -0.4 is 0 Å². The van der Waals surface area contributed by atoms with Crippen LogP contribution in [-0.2, 0) is 0 Å². The maximum absolute atomic E-state index is 6.10. The summed E-state index contributed by atoms with van der Waals surface area (Å²) < 4.78 is 0. The number of hydrogen-bond donors (Lipinski definition) is 0. The fourth-order valence-corrected chi connectivity index (χ4v) is 2.46. The van der Waals surface area contributed by atoms with E-state index in [9.17, 15) is 0 Å². The summed E-state index contributed by atoms with van der Waals surface area (Å²) in [7, 11) is 0. The van der Waals surface area contributed by atoms with Crippen LogP contribution in [0.1, 0.15) is 0 Å². The van der Waals surface area contributed by atoms with Crippen LogP contribution in [0.5, 0.6) is 0 Å². The molecule has 0 unspecified atom stereocenters. The van der Waals surface area contributed by atoms with Gasteiger partial charge < -0.3 is 0 Å². The summed E-state index contributed by atoms with van der Waals surface area (Å²) in [6.45, 7) is 0. The van der Waals surface area contributed by atoms with Crippen LogP contribution in [0.3, 0.4) is 0 Å². The molecular formula is C14H5Cl3. The standard InChI is InChI=1S/C14H5Cl3/c15-12-3-1-2-9-10(12)5-4-8-6-13(16)14(17)7-11(8)9/h1-2,4-5,7H. The fourth-order valence-electron chi connectivity index (χ4n) is 1.92. The van der Waals surface area contributed by atoms with Crippen molar-refractivity contribution in [2.45, 2.75) is 0 Å². The molecule has 0 saturated carbocycles. The van der Waals surface area contributed by atoms with Gasteiger partial charge in [0.05, 0.1) is 15.1 Å². The first-order chi connectivity index (χ1) is 8.16. The van der Waals surface area contributed by atoms with Crippen LogP contribution in [0.15, 0.2) is 30.3 Å². The molecule has 0 saturated heterocycles. The molecule has 82 valence electrons. The molecule has 17 heavy (non-hydrogen) atoms. The second kappa shape index (κ2) is 4.06.